The maximum Gasteiger partial charge on any atom is 0.237 e. The Morgan fingerprint density at radius 2 is 2.18 bits per heavy atom. The van der Waals surface area contributed by atoms with Gasteiger partial charge in [-0.25, -0.2) is 4.98 Å². The lowest BCUT2D eigenvalue weighted by molar-refractivity contribution is -0.138. The molecule has 1 aromatic carbocycles. The van der Waals surface area contributed by atoms with Crippen LogP contribution in [-0.4, -0.2) is 64.5 Å². The van der Waals surface area contributed by atoms with E-state index in [1.54, 1.807) is 25.3 Å². The van der Waals surface area contributed by atoms with Gasteiger partial charge in [0.25, 0.3) is 0 Å². The zero-order chi connectivity index (χ0) is 20.1. The maximum absolute atomic E-state index is 12.8. The number of piperazine rings is 1. The molecule has 0 saturated carbocycles. The molecular weight excluding hydrogens is 358 g/mol. The number of carbonyl (C=O) groups is 2. The van der Waals surface area contributed by atoms with E-state index < -0.39 is 6.04 Å². The van der Waals surface area contributed by atoms with Crippen LogP contribution < -0.4 is 10.1 Å². The van der Waals surface area contributed by atoms with Crippen LogP contribution in [0.4, 0.5) is 0 Å². The SMILES string of the molecule is COc1ccccc1CN1CCNC(=O)[C@H]1CC(=O)N(C)Cc1nccn1C. The van der Waals surface area contributed by atoms with Crippen molar-refractivity contribution in [1.82, 2.24) is 24.7 Å². The van der Waals surface area contributed by atoms with Gasteiger partial charge in [0, 0.05) is 51.7 Å². The molecule has 2 aromatic rings. The van der Waals surface area contributed by atoms with Gasteiger partial charge in [-0.2, -0.15) is 0 Å². The van der Waals surface area contributed by atoms with Crippen molar-refractivity contribution in [3.05, 3.63) is 48.0 Å². The normalized spacial score (nSPS) is 17.2. The number of aromatic nitrogens is 2. The Labute approximate surface area is 165 Å². The van der Waals surface area contributed by atoms with Gasteiger partial charge in [0.05, 0.1) is 26.1 Å². The van der Waals surface area contributed by atoms with E-state index in [4.69, 9.17) is 4.74 Å². The predicted octanol–water partition coefficient (Wildman–Crippen LogP) is 0.778. The van der Waals surface area contributed by atoms with E-state index in [0.717, 1.165) is 17.1 Å². The highest BCUT2D eigenvalue weighted by atomic mass is 16.5. The van der Waals surface area contributed by atoms with Crippen molar-refractivity contribution in [2.24, 2.45) is 7.05 Å². The van der Waals surface area contributed by atoms with Gasteiger partial charge in [-0.15, -0.1) is 0 Å². The topological polar surface area (TPSA) is 79.7 Å². The van der Waals surface area contributed by atoms with Crippen LogP contribution in [0.25, 0.3) is 0 Å². The summed E-state index contributed by atoms with van der Waals surface area (Å²) >= 11 is 0. The van der Waals surface area contributed by atoms with Gasteiger partial charge in [0.1, 0.15) is 11.6 Å². The van der Waals surface area contributed by atoms with Crippen LogP contribution in [0.2, 0.25) is 0 Å². The summed E-state index contributed by atoms with van der Waals surface area (Å²) in [4.78, 5) is 33.2. The Bertz CT molecular complexity index is 835. The molecule has 1 N–H and O–H groups in total. The number of imidazole rings is 1. The fourth-order valence-corrected chi connectivity index (χ4v) is 3.40. The second-order valence-electron chi connectivity index (χ2n) is 7.00. The van der Waals surface area contributed by atoms with Crippen molar-refractivity contribution in [3.8, 4) is 5.75 Å². The number of aryl methyl sites for hydroxylation is 1. The standard InChI is InChI=1S/C20H27N5O3/c1-23-10-8-21-18(23)14-24(2)19(26)12-16-20(27)22-9-11-25(16)13-15-6-4-5-7-17(15)28-3/h4-8,10,16H,9,11-14H2,1-3H3,(H,22,27)/t16-/m1/s1. The lowest BCUT2D eigenvalue weighted by Crippen LogP contribution is -2.56. The zero-order valence-electron chi connectivity index (χ0n) is 16.6. The lowest BCUT2D eigenvalue weighted by atomic mass is 10.1. The molecule has 0 spiro atoms. The minimum absolute atomic E-state index is 0.0879. The largest absolute Gasteiger partial charge is 0.496 e. The third kappa shape index (κ3) is 4.51. The van der Waals surface area contributed by atoms with Crippen LogP contribution in [0.15, 0.2) is 36.7 Å². The van der Waals surface area contributed by atoms with Gasteiger partial charge in [-0.1, -0.05) is 18.2 Å². The number of para-hydroxylation sites is 1. The molecule has 28 heavy (non-hydrogen) atoms. The number of methoxy groups -OCH3 is 1. The van der Waals surface area contributed by atoms with Crippen LogP contribution in [-0.2, 0) is 29.7 Å². The Balaban J connectivity index is 1.69. The number of nitrogens with one attached hydrogen (secondary N) is 1. The van der Waals surface area contributed by atoms with Gasteiger partial charge in [-0.3, -0.25) is 14.5 Å². The minimum Gasteiger partial charge on any atom is -0.496 e. The molecule has 1 atom stereocenters. The van der Waals surface area contributed by atoms with Crippen molar-refractivity contribution >= 4 is 11.8 Å². The summed E-state index contributed by atoms with van der Waals surface area (Å²) in [5, 5.41) is 2.88. The Kier molecular flexibility index (Phi) is 6.30. The Hall–Kier alpha value is -2.87. The summed E-state index contributed by atoms with van der Waals surface area (Å²) in [6, 6.07) is 7.24. The van der Waals surface area contributed by atoms with Crippen LogP contribution >= 0.6 is 0 Å². The van der Waals surface area contributed by atoms with E-state index in [1.165, 1.54) is 0 Å². The number of ether oxygens (including phenoxy) is 1. The molecule has 3 rings (SSSR count). The molecule has 2 amide bonds. The molecule has 1 aliphatic rings. The molecule has 0 radical (unpaired) electrons. The van der Waals surface area contributed by atoms with E-state index in [1.807, 2.05) is 47.0 Å². The fraction of sp³-hybridized carbons (Fsp3) is 0.450. The highest BCUT2D eigenvalue weighted by molar-refractivity contribution is 5.88. The molecule has 0 bridgehead atoms. The first kappa shape index (κ1) is 19.9. The van der Waals surface area contributed by atoms with Crippen LogP contribution in [0.5, 0.6) is 5.75 Å². The number of hydrogen-bond acceptors (Lipinski definition) is 5. The predicted molar refractivity (Wildman–Crippen MR) is 105 cm³/mol. The summed E-state index contributed by atoms with van der Waals surface area (Å²) < 4.78 is 7.31. The molecule has 2 heterocycles. The first-order valence-electron chi connectivity index (χ1n) is 9.33. The second-order valence-corrected chi connectivity index (χ2v) is 7.00. The molecule has 150 valence electrons. The molecular formula is C20H27N5O3. The van der Waals surface area contributed by atoms with Gasteiger partial charge < -0.3 is 19.5 Å². The van der Waals surface area contributed by atoms with E-state index in [9.17, 15) is 9.59 Å². The summed E-state index contributed by atoms with van der Waals surface area (Å²) in [5.74, 6) is 1.38. The van der Waals surface area contributed by atoms with Crippen molar-refractivity contribution in [1.29, 1.82) is 0 Å². The molecule has 1 fully saturated rings. The molecule has 0 aliphatic carbocycles. The van der Waals surface area contributed by atoms with E-state index >= 15 is 0 Å². The van der Waals surface area contributed by atoms with Gasteiger partial charge in [-0.05, 0) is 6.07 Å². The third-order valence-electron chi connectivity index (χ3n) is 5.10. The minimum atomic E-state index is -0.505. The zero-order valence-corrected chi connectivity index (χ0v) is 16.6. The summed E-state index contributed by atoms with van der Waals surface area (Å²) in [7, 11) is 5.27. The van der Waals surface area contributed by atoms with Gasteiger partial charge in [0.15, 0.2) is 0 Å². The lowest BCUT2D eigenvalue weighted by Gasteiger charge is -2.35. The van der Waals surface area contributed by atoms with Crippen molar-refractivity contribution in [3.63, 3.8) is 0 Å². The average molecular weight is 385 g/mol. The van der Waals surface area contributed by atoms with Crippen molar-refractivity contribution < 1.29 is 14.3 Å². The Morgan fingerprint density at radius 1 is 1.39 bits per heavy atom. The number of benzene rings is 1. The monoisotopic (exact) mass is 385 g/mol. The maximum atomic E-state index is 12.8. The van der Waals surface area contributed by atoms with E-state index in [-0.39, 0.29) is 18.2 Å². The number of carbonyl (C=O) groups excluding carboxylic acids is 2. The summed E-state index contributed by atoms with van der Waals surface area (Å²) in [6.45, 7) is 2.22. The highest BCUT2D eigenvalue weighted by Gasteiger charge is 2.33. The highest BCUT2D eigenvalue weighted by Crippen LogP contribution is 2.22. The quantitative estimate of drug-likeness (QED) is 0.762. The number of nitrogens with zero attached hydrogens (tertiary/aromatic N) is 4. The van der Waals surface area contributed by atoms with E-state index in [0.29, 0.717) is 26.2 Å². The third-order valence-corrected chi connectivity index (χ3v) is 5.10. The van der Waals surface area contributed by atoms with Crippen LogP contribution in [0.1, 0.15) is 17.8 Å². The van der Waals surface area contributed by atoms with Crippen molar-refractivity contribution in [2.45, 2.75) is 25.6 Å². The summed E-state index contributed by atoms with van der Waals surface area (Å²) in [6.07, 6.45) is 3.68. The molecule has 0 unspecified atom stereocenters. The molecule has 1 aliphatic heterocycles. The van der Waals surface area contributed by atoms with Crippen LogP contribution in [0, 0.1) is 0 Å². The van der Waals surface area contributed by atoms with Crippen LogP contribution in [0.3, 0.4) is 0 Å². The fourth-order valence-electron chi connectivity index (χ4n) is 3.40. The average Bonchev–Trinajstić information content (AvgIpc) is 3.09. The summed E-state index contributed by atoms with van der Waals surface area (Å²) in [5.41, 5.74) is 0.999. The molecule has 8 heteroatoms. The smallest absolute Gasteiger partial charge is 0.237 e. The first-order valence-corrected chi connectivity index (χ1v) is 9.33. The van der Waals surface area contributed by atoms with E-state index in [2.05, 4.69) is 10.3 Å². The number of hydrogen-bond donors (Lipinski definition) is 1. The molecule has 8 nitrogen and oxygen atoms in total. The first-order chi connectivity index (χ1) is 13.5. The van der Waals surface area contributed by atoms with Crippen molar-refractivity contribution in [2.75, 3.05) is 27.2 Å². The molecule has 1 aromatic heterocycles. The molecule has 1 saturated heterocycles. The number of amides is 2. The van der Waals surface area contributed by atoms with Gasteiger partial charge >= 0.3 is 0 Å². The Morgan fingerprint density at radius 3 is 2.89 bits per heavy atom. The number of rotatable bonds is 7. The van der Waals surface area contributed by atoms with Gasteiger partial charge in [0.2, 0.25) is 11.8 Å². The second kappa shape index (κ2) is 8.88.